The van der Waals surface area contributed by atoms with Gasteiger partial charge in [-0.15, -0.1) is 0 Å². The average Bonchev–Trinajstić information content (AvgIpc) is 2.06. The van der Waals surface area contributed by atoms with Crippen LogP contribution < -0.4 is 0 Å². The first-order valence-corrected chi connectivity index (χ1v) is 4.23. The smallest absolute Gasteiger partial charge is 0.248 e. The molecule has 0 unspecified atom stereocenters. The molecule has 0 N–H and O–H groups in total. The van der Waals surface area contributed by atoms with E-state index in [4.69, 9.17) is 0 Å². The molecule has 0 aromatic carbocycles. The summed E-state index contributed by atoms with van der Waals surface area (Å²) in [5, 5.41) is 5.73. The van der Waals surface area contributed by atoms with E-state index in [1.54, 1.807) is 5.01 Å². The highest BCUT2D eigenvalue weighted by Crippen LogP contribution is 2.18. The fourth-order valence-corrected chi connectivity index (χ4v) is 1.18. The number of hydrogen-bond acceptors (Lipinski definition) is 2. The number of rotatable bonds is 1. The van der Waals surface area contributed by atoms with Gasteiger partial charge in [-0.05, 0) is 12.3 Å². The number of amides is 1. The third kappa shape index (κ3) is 2.32. The Morgan fingerprint density at radius 2 is 2.08 bits per heavy atom. The molecule has 0 atom stereocenters. The fourth-order valence-electron chi connectivity index (χ4n) is 1.18. The summed E-state index contributed by atoms with van der Waals surface area (Å²) in [6, 6.07) is 0. The van der Waals surface area contributed by atoms with Gasteiger partial charge in [-0.1, -0.05) is 20.8 Å². The van der Waals surface area contributed by atoms with Crippen molar-refractivity contribution in [2.45, 2.75) is 34.1 Å². The van der Waals surface area contributed by atoms with E-state index < -0.39 is 0 Å². The van der Waals surface area contributed by atoms with Crippen LogP contribution in [0.5, 0.6) is 0 Å². The second kappa shape index (κ2) is 2.88. The summed E-state index contributed by atoms with van der Waals surface area (Å²) >= 11 is 0. The summed E-state index contributed by atoms with van der Waals surface area (Å²) in [7, 11) is 0. The molecule has 12 heavy (non-hydrogen) atoms. The van der Waals surface area contributed by atoms with E-state index in [0.717, 1.165) is 5.71 Å². The molecule has 0 aliphatic carbocycles. The van der Waals surface area contributed by atoms with Crippen LogP contribution in [0.1, 0.15) is 34.1 Å². The first-order chi connectivity index (χ1) is 5.38. The lowest BCUT2D eigenvalue weighted by atomic mass is 9.97. The van der Waals surface area contributed by atoms with Crippen molar-refractivity contribution in [2.75, 3.05) is 6.54 Å². The third-order valence-electron chi connectivity index (χ3n) is 1.61. The maximum Gasteiger partial charge on any atom is 0.248 e. The molecule has 0 aromatic rings. The molecule has 0 fully saturated rings. The van der Waals surface area contributed by atoms with Gasteiger partial charge < -0.3 is 0 Å². The lowest BCUT2D eigenvalue weighted by Gasteiger charge is -2.23. The Morgan fingerprint density at radius 3 is 2.42 bits per heavy atom. The number of nitrogens with zero attached hydrogens (tertiary/aromatic N) is 2. The second-order valence-corrected chi connectivity index (χ2v) is 4.52. The molecule has 1 heterocycles. The van der Waals surface area contributed by atoms with E-state index in [1.165, 1.54) is 0 Å². The minimum absolute atomic E-state index is 0.127. The zero-order valence-electron chi connectivity index (χ0n) is 8.22. The van der Waals surface area contributed by atoms with Gasteiger partial charge in [0.1, 0.15) is 0 Å². The van der Waals surface area contributed by atoms with Crippen molar-refractivity contribution < 1.29 is 4.79 Å². The van der Waals surface area contributed by atoms with Crippen LogP contribution in [-0.2, 0) is 4.79 Å². The van der Waals surface area contributed by atoms with Crippen molar-refractivity contribution in [3.05, 3.63) is 0 Å². The van der Waals surface area contributed by atoms with E-state index in [2.05, 4.69) is 25.9 Å². The van der Waals surface area contributed by atoms with Gasteiger partial charge >= 0.3 is 0 Å². The first kappa shape index (κ1) is 9.23. The van der Waals surface area contributed by atoms with Gasteiger partial charge in [0, 0.05) is 12.3 Å². The predicted molar refractivity (Wildman–Crippen MR) is 48.9 cm³/mol. The van der Waals surface area contributed by atoms with Crippen LogP contribution in [0.4, 0.5) is 0 Å². The summed E-state index contributed by atoms with van der Waals surface area (Å²) in [6.45, 7) is 8.90. The fraction of sp³-hybridized carbons (Fsp3) is 0.778. The van der Waals surface area contributed by atoms with E-state index in [0.29, 0.717) is 13.0 Å². The number of hydrazone groups is 1. The van der Waals surface area contributed by atoms with Gasteiger partial charge in [-0.25, -0.2) is 5.01 Å². The highest BCUT2D eigenvalue weighted by Gasteiger charge is 2.25. The number of carbonyl (C=O) groups excluding carboxylic acids is 1. The second-order valence-electron chi connectivity index (χ2n) is 4.52. The quantitative estimate of drug-likeness (QED) is 0.586. The SMILES string of the molecule is CC1=NN(CC(C)(C)C)C(=O)C1. The zero-order chi connectivity index (χ0) is 9.35. The van der Waals surface area contributed by atoms with Crippen molar-refractivity contribution >= 4 is 11.6 Å². The summed E-state index contributed by atoms with van der Waals surface area (Å²) in [4.78, 5) is 11.3. The van der Waals surface area contributed by atoms with Crippen molar-refractivity contribution in [2.24, 2.45) is 10.5 Å². The zero-order valence-corrected chi connectivity index (χ0v) is 8.22. The van der Waals surface area contributed by atoms with Crippen LogP contribution in [0, 0.1) is 5.41 Å². The minimum atomic E-state index is 0.127. The van der Waals surface area contributed by atoms with Crippen LogP contribution in [0.3, 0.4) is 0 Å². The number of hydrogen-bond donors (Lipinski definition) is 0. The van der Waals surface area contributed by atoms with E-state index in [1.807, 2.05) is 6.92 Å². The van der Waals surface area contributed by atoms with Crippen molar-refractivity contribution in [1.29, 1.82) is 0 Å². The average molecular weight is 168 g/mol. The van der Waals surface area contributed by atoms with Crippen molar-refractivity contribution in [3.8, 4) is 0 Å². The molecule has 0 radical (unpaired) electrons. The summed E-state index contributed by atoms with van der Waals surface area (Å²) < 4.78 is 0. The molecular weight excluding hydrogens is 152 g/mol. The van der Waals surface area contributed by atoms with Gasteiger partial charge in [0.2, 0.25) is 5.91 Å². The predicted octanol–water partition coefficient (Wildman–Crippen LogP) is 1.64. The molecule has 0 spiro atoms. The highest BCUT2D eigenvalue weighted by atomic mass is 16.2. The van der Waals surface area contributed by atoms with Crippen LogP contribution in [0.2, 0.25) is 0 Å². The first-order valence-electron chi connectivity index (χ1n) is 4.23. The van der Waals surface area contributed by atoms with E-state index >= 15 is 0 Å². The van der Waals surface area contributed by atoms with Gasteiger partial charge in [0.25, 0.3) is 0 Å². The third-order valence-corrected chi connectivity index (χ3v) is 1.61. The molecule has 0 saturated carbocycles. The topological polar surface area (TPSA) is 32.7 Å². The monoisotopic (exact) mass is 168 g/mol. The largest absolute Gasteiger partial charge is 0.273 e. The molecule has 0 bridgehead atoms. The standard InChI is InChI=1S/C9H16N2O/c1-7-5-8(12)11(10-7)6-9(2,3)4/h5-6H2,1-4H3. The number of carbonyl (C=O) groups is 1. The van der Waals surface area contributed by atoms with Gasteiger partial charge in [0.15, 0.2) is 0 Å². The van der Waals surface area contributed by atoms with Crippen LogP contribution in [0.25, 0.3) is 0 Å². The molecule has 1 aliphatic rings. The summed E-state index contributed by atoms with van der Waals surface area (Å²) in [5.74, 6) is 0.127. The molecule has 1 aliphatic heterocycles. The molecular formula is C9H16N2O. The van der Waals surface area contributed by atoms with Crippen LogP contribution in [0.15, 0.2) is 5.10 Å². The molecule has 1 amide bonds. The summed E-state index contributed by atoms with van der Waals surface area (Å²) in [5.41, 5.74) is 1.05. The lowest BCUT2D eigenvalue weighted by molar-refractivity contribution is -0.129. The molecule has 3 heteroatoms. The van der Waals surface area contributed by atoms with Gasteiger partial charge in [-0.3, -0.25) is 4.79 Å². The van der Waals surface area contributed by atoms with Crippen molar-refractivity contribution in [1.82, 2.24) is 5.01 Å². The summed E-state index contributed by atoms with van der Waals surface area (Å²) in [6.07, 6.45) is 0.496. The van der Waals surface area contributed by atoms with Crippen LogP contribution in [-0.4, -0.2) is 23.2 Å². The van der Waals surface area contributed by atoms with Gasteiger partial charge in [0.05, 0.1) is 6.42 Å². The lowest BCUT2D eigenvalue weighted by Crippen LogP contribution is -2.30. The molecule has 1 rings (SSSR count). The maximum absolute atomic E-state index is 11.3. The molecule has 0 saturated heterocycles. The van der Waals surface area contributed by atoms with Gasteiger partial charge in [-0.2, -0.15) is 5.10 Å². The Labute approximate surface area is 73.4 Å². The normalized spacial score (nSPS) is 18.5. The van der Waals surface area contributed by atoms with Crippen molar-refractivity contribution in [3.63, 3.8) is 0 Å². The Hall–Kier alpha value is -0.860. The maximum atomic E-state index is 11.3. The van der Waals surface area contributed by atoms with Crippen LogP contribution >= 0.6 is 0 Å². The minimum Gasteiger partial charge on any atom is -0.273 e. The molecule has 68 valence electrons. The molecule has 3 nitrogen and oxygen atoms in total. The van der Waals surface area contributed by atoms with E-state index in [9.17, 15) is 4.79 Å². The Morgan fingerprint density at radius 1 is 1.50 bits per heavy atom. The Kier molecular flexibility index (Phi) is 2.22. The molecule has 0 aromatic heterocycles. The Balaban J connectivity index is 2.60. The Bertz CT molecular complexity index is 225. The van der Waals surface area contributed by atoms with E-state index in [-0.39, 0.29) is 11.3 Å². The highest BCUT2D eigenvalue weighted by molar-refractivity contribution is 6.03.